The molecule has 10 nitrogen and oxygen atoms in total. The molecule has 1 unspecified atom stereocenters. The molecule has 1 atom stereocenters. The largest absolute Gasteiger partial charge is 0.449 e. The molecule has 6 aromatic carbocycles. The molecule has 2 aliphatic carbocycles. The van der Waals surface area contributed by atoms with Crippen molar-refractivity contribution < 1.29 is 38.1 Å². The minimum Gasteiger partial charge on any atom is -0.449 e. The Morgan fingerprint density at radius 2 is 1.03 bits per heavy atom. The number of carbonyl (C=O) groups excluding carboxylic acids is 4. The van der Waals surface area contributed by atoms with E-state index in [-0.39, 0.29) is 27.5 Å². The van der Waals surface area contributed by atoms with Crippen LogP contribution >= 0.6 is 0 Å². The first-order chi connectivity index (χ1) is 31.1. The number of ether oxygens (including phenoxy) is 4. The number of terminal acetylenes is 2. The van der Waals surface area contributed by atoms with Crippen molar-refractivity contribution in [2.75, 3.05) is 16.8 Å². The van der Waals surface area contributed by atoms with E-state index in [4.69, 9.17) is 31.8 Å². The third-order valence-electron chi connectivity index (χ3n) is 13.3. The third-order valence-corrected chi connectivity index (χ3v) is 13.3. The SMILES string of the molecule is C#Cc1cccc(N(C)C(=O)c2cc3c(cc2C=O)Oc2cc4c(cc2O3)C(C)(C)CC42CC(C)(C)c3cc4c(cc32)Oc2cc(C(=O)N(C=O)c3cccc(C#C)c3)c(C)cc2O4)c1. The van der Waals surface area contributed by atoms with Crippen LogP contribution in [0.25, 0.3) is 0 Å². The molecule has 0 saturated heterocycles. The molecule has 4 aliphatic rings. The van der Waals surface area contributed by atoms with Crippen molar-refractivity contribution in [3.63, 3.8) is 0 Å². The van der Waals surface area contributed by atoms with E-state index >= 15 is 0 Å². The van der Waals surface area contributed by atoms with E-state index in [0.29, 0.717) is 86.8 Å². The second-order valence-electron chi connectivity index (χ2n) is 18.5. The number of aryl methyl sites for hydroxylation is 1. The highest BCUT2D eigenvalue weighted by molar-refractivity contribution is 6.16. The Morgan fingerprint density at radius 3 is 1.54 bits per heavy atom. The number of fused-ring (bicyclic) bond motifs is 8. The predicted octanol–water partition coefficient (Wildman–Crippen LogP) is 11.3. The van der Waals surface area contributed by atoms with Gasteiger partial charge in [-0.05, 0) is 143 Å². The Bertz CT molecular complexity index is 3220. The van der Waals surface area contributed by atoms with Crippen LogP contribution in [0.1, 0.15) is 111 Å². The number of imide groups is 1. The Labute approximate surface area is 376 Å². The van der Waals surface area contributed by atoms with Crippen molar-refractivity contribution in [1.29, 1.82) is 0 Å². The lowest BCUT2D eigenvalue weighted by Gasteiger charge is -2.31. The second-order valence-corrected chi connectivity index (χ2v) is 18.5. The van der Waals surface area contributed by atoms with Crippen molar-refractivity contribution >= 4 is 35.9 Å². The van der Waals surface area contributed by atoms with Crippen LogP contribution < -0.4 is 28.7 Å². The fourth-order valence-corrected chi connectivity index (χ4v) is 10.4. The lowest BCUT2D eigenvalue weighted by molar-refractivity contribution is -0.106. The molecule has 0 saturated carbocycles. The molecule has 320 valence electrons. The summed E-state index contributed by atoms with van der Waals surface area (Å²) in [5.41, 5.74) is 6.68. The summed E-state index contributed by atoms with van der Waals surface area (Å²) in [6.45, 7) is 10.7. The molecule has 0 N–H and O–H groups in total. The molecule has 0 fully saturated rings. The van der Waals surface area contributed by atoms with E-state index in [1.165, 1.54) is 4.90 Å². The first-order valence-electron chi connectivity index (χ1n) is 21.2. The molecule has 3 amide bonds. The lowest BCUT2D eigenvalue weighted by Crippen LogP contribution is -2.30. The van der Waals surface area contributed by atoms with E-state index in [1.54, 1.807) is 86.8 Å². The molecule has 1 spiro atoms. The van der Waals surface area contributed by atoms with Gasteiger partial charge < -0.3 is 23.8 Å². The molecule has 0 bridgehead atoms. The average molecular weight is 859 g/mol. The van der Waals surface area contributed by atoms with Gasteiger partial charge in [-0.25, -0.2) is 4.90 Å². The summed E-state index contributed by atoms with van der Waals surface area (Å²) in [4.78, 5) is 55.1. The maximum absolute atomic E-state index is 13.9. The van der Waals surface area contributed by atoms with Crippen molar-refractivity contribution in [2.24, 2.45) is 0 Å². The molecular formula is C55H42N2O8. The first-order valence-corrected chi connectivity index (χ1v) is 21.2. The summed E-state index contributed by atoms with van der Waals surface area (Å²) in [5, 5.41) is 0. The van der Waals surface area contributed by atoms with Crippen molar-refractivity contribution in [3.05, 3.63) is 153 Å². The van der Waals surface area contributed by atoms with Gasteiger partial charge in [0.1, 0.15) is 0 Å². The van der Waals surface area contributed by atoms with Crippen LogP contribution in [-0.4, -0.2) is 31.6 Å². The van der Waals surface area contributed by atoms with Crippen molar-refractivity contribution in [2.45, 2.75) is 63.7 Å². The molecule has 10 heteroatoms. The molecule has 0 aromatic heterocycles. The highest BCUT2D eigenvalue weighted by atomic mass is 16.6. The summed E-state index contributed by atoms with van der Waals surface area (Å²) >= 11 is 0. The fraction of sp³-hybridized carbons (Fsp3) is 0.200. The summed E-state index contributed by atoms with van der Waals surface area (Å²) in [6, 6.07) is 28.4. The molecule has 2 aliphatic heterocycles. The predicted molar refractivity (Wildman–Crippen MR) is 247 cm³/mol. The number of hydrogen-bond acceptors (Lipinski definition) is 8. The van der Waals surface area contributed by atoms with Gasteiger partial charge in [-0.3, -0.25) is 19.2 Å². The lowest BCUT2D eigenvalue weighted by atomic mass is 9.72. The van der Waals surface area contributed by atoms with Gasteiger partial charge in [0.05, 0.1) is 11.3 Å². The van der Waals surface area contributed by atoms with E-state index < -0.39 is 17.2 Å². The van der Waals surface area contributed by atoms with Crippen molar-refractivity contribution in [3.8, 4) is 70.7 Å². The minimum atomic E-state index is -0.535. The molecular weight excluding hydrogens is 817 g/mol. The average Bonchev–Trinajstić information content (AvgIpc) is 3.65. The Morgan fingerprint density at radius 1 is 0.585 bits per heavy atom. The van der Waals surface area contributed by atoms with Gasteiger partial charge in [0, 0.05) is 40.4 Å². The zero-order valence-electron chi connectivity index (χ0n) is 36.6. The maximum atomic E-state index is 13.9. The Hall–Kier alpha value is -8.08. The van der Waals surface area contributed by atoms with Gasteiger partial charge in [-0.1, -0.05) is 51.7 Å². The highest BCUT2D eigenvalue weighted by Crippen LogP contribution is 2.66. The van der Waals surface area contributed by atoms with Crippen LogP contribution in [0.2, 0.25) is 0 Å². The third kappa shape index (κ3) is 6.36. The minimum absolute atomic E-state index is 0.155. The van der Waals surface area contributed by atoms with Gasteiger partial charge in [0.15, 0.2) is 52.3 Å². The number of nitrogens with zero attached hydrogens (tertiary/aromatic N) is 2. The van der Waals surface area contributed by atoms with E-state index in [1.807, 2.05) is 6.07 Å². The standard InChI is InChI=1S/C55H42N2O8/c1-9-32-13-11-15-35(18-32)56(8)51(60)38-22-46-44(20-34(38)27-58)63-49-25-41-40(24-48(49)65-46)54(6,7)29-55(41)28-53(4,5)39-23-47-50(26-42(39)55)64-45-21-37(31(3)17-43(45)62-47)52(61)57(30-59)36-16-12-14-33(10-2)19-36/h1-2,11-27,30H,28-29H2,3-8H3. The summed E-state index contributed by atoms with van der Waals surface area (Å²) in [5.74, 6) is 7.68. The van der Waals surface area contributed by atoms with E-state index in [2.05, 4.69) is 57.7 Å². The van der Waals surface area contributed by atoms with Crippen molar-refractivity contribution in [1.82, 2.24) is 0 Å². The van der Waals surface area contributed by atoms with Gasteiger partial charge in [0.25, 0.3) is 11.8 Å². The molecule has 10 rings (SSSR count). The van der Waals surface area contributed by atoms with Gasteiger partial charge in [0.2, 0.25) is 6.41 Å². The first kappa shape index (κ1) is 41.0. The van der Waals surface area contributed by atoms with E-state index in [0.717, 1.165) is 40.0 Å². The molecule has 6 aromatic rings. The van der Waals surface area contributed by atoms with Crippen LogP contribution in [0.4, 0.5) is 11.4 Å². The number of carbonyl (C=O) groups is 4. The molecule has 65 heavy (non-hydrogen) atoms. The number of amides is 3. The second kappa shape index (κ2) is 14.5. The Kier molecular flexibility index (Phi) is 9.13. The van der Waals surface area contributed by atoms with Crippen LogP contribution in [0, 0.1) is 31.6 Å². The van der Waals surface area contributed by atoms with Gasteiger partial charge in [-0.2, -0.15) is 0 Å². The quantitative estimate of drug-likeness (QED) is 0.120. The maximum Gasteiger partial charge on any atom is 0.265 e. The van der Waals surface area contributed by atoms with Crippen LogP contribution in [0.5, 0.6) is 46.0 Å². The van der Waals surface area contributed by atoms with E-state index in [9.17, 15) is 19.2 Å². The zero-order chi connectivity index (χ0) is 45.7. The fourth-order valence-electron chi connectivity index (χ4n) is 10.4. The highest BCUT2D eigenvalue weighted by Gasteiger charge is 2.57. The van der Waals surface area contributed by atoms with Crippen LogP contribution in [0.15, 0.2) is 97.1 Å². The monoisotopic (exact) mass is 858 g/mol. The summed E-state index contributed by atoms with van der Waals surface area (Å²) in [6.07, 6.45) is 13.9. The van der Waals surface area contributed by atoms with Crippen LogP contribution in [-0.2, 0) is 21.0 Å². The van der Waals surface area contributed by atoms with Gasteiger partial charge >= 0.3 is 0 Å². The summed E-state index contributed by atoms with van der Waals surface area (Å²) in [7, 11) is 1.63. The smallest absolute Gasteiger partial charge is 0.265 e. The normalized spacial score (nSPS) is 17.0. The molecule has 2 heterocycles. The number of rotatable bonds is 6. The zero-order valence-corrected chi connectivity index (χ0v) is 36.6. The number of aldehydes is 1. The number of benzene rings is 6. The molecule has 0 radical (unpaired) electrons. The Balaban J connectivity index is 0.997. The van der Waals surface area contributed by atoms with Crippen LogP contribution in [0.3, 0.4) is 0 Å². The summed E-state index contributed by atoms with van der Waals surface area (Å²) < 4.78 is 26.3. The number of hydrogen-bond donors (Lipinski definition) is 0. The number of anilines is 2. The van der Waals surface area contributed by atoms with Gasteiger partial charge in [-0.15, -0.1) is 12.8 Å². The topological polar surface area (TPSA) is 112 Å².